The van der Waals surface area contributed by atoms with E-state index in [1.165, 1.54) is 0 Å². The van der Waals surface area contributed by atoms with Crippen LogP contribution in [0.5, 0.6) is 0 Å². The van der Waals surface area contributed by atoms with Gasteiger partial charge in [-0.25, -0.2) is 0 Å². The normalized spacial score (nSPS) is 15.6. The highest BCUT2D eigenvalue weighted by Crippen LogP contribution is 2.42. The molecule has 0 bridgehead atoms. The highest BCUT2D eigenvalue weighted by Gasteiger charge is 2.33. The van der Waals surface area contributed by atoms with E-state index in [1.807, 2.05) is 60.7 Å². The van der Waals surface area contributed by atoms with Crippen molar-refractivity contribution in [2.45, 2.75) is 29.7 Å². The van der Waals surface area contributed by atoms with E-state index in [9.17, 15) is 9.59 Å². The number of carbonyl (C=O) groups excluding carboxylic acids is 2. The molecular weight excluding hydrogens is 505 g/mol. The van der Waals surface area contributed by atoms with Crippen LogP contribution in [0.4, 0.5) is 0 Å². The van der Waals surface area contributed by atoms with Gasteiger partial charge in [-0.2, -0.15) is 0 Å². The molecule has 1 aliphatic rings. The molecule has 5 rings (SSSR count). The summed E-state index contributed by atoms with van der Waals surface area (Å²) in [5.41, 5.74) is 4.59. The Balaban J connectivity index is 1.52. The van der Waals surface area contributed by atoms with Crippen molar-refractivity contribution in [3.05, 3.63) is 107 Å². The third-order valence-corrected chi connectivity index (χ3v) is 7.12. The first kappa shape index (κ1) is 23.9. The van der Waals surface area contributed by atoms with Crippen molar-refractivity contribution in [3.8, 4) is 0 Å². The summed E-state index contributed by atoms with van der Waals surface area (Å²) in [5, 5.41) is 0.814. The first-order valence-electron chi connectivity index (χ1n) is 11.4. The van der Waals surface area contributed by atoms with E-state index in [0.29, 0.717) is 30.4 Å². The molecular formula is C28H22Cl3NO3. The molecule has 0 spiro atoms. The number of halogens is 3. The number of carbonyl (C=O) groups is 2. The van der Waals surface area contributed by atoms with Gasteiger partial charge < -0.3 is 4.74 Å². The van der Waals surface area contributed by atoms with E-state index in [4.69, 9.17) is 39.5 Å². The van der Waals surface area contributed by atoms with Crippen LogP contribution in [-0.2, 0) is 32.8 Å². The Morgan fingerprint density at radius 1 is 0.943 bits per heavy atom. The van der Waals surface area contributed by atoms with Crippen LogP contribution >= 0.6 is 34.8 Å². The van der Waals surface area contributed by atoms with Crippen molar-refractivity contribution < 1.29 is 14.3 Å². The molecule has 0 radical (unpaired) electrons. The molecule has 1 unspecified atom stereocenters. The molecule has 3 aromatic carbocycles. The molecule has 0 saturated heterocycles. The van der Waals surface area contributed by atoms with Crippen LogP contribution < -0.4 is 0 Å². The number of aromatic nitrogens is 1. The third-order valence-electron chi connectivity index (χ3n) is 6.47. The minimum absolute atomic E-state index is 0.122. The summed E-state index contributed by atoms with van der Waals surface area (Å²) in [4.78, 5) is 26.5. The van der Waals surface area contributed by atoms with Crippen LogP contribution in [0.15, 0.2) is 78.9 Å². The van der Waals surface area contributed by atoms with Crippen LogP contribution in [0.2, 0.25) is 0 Å². The molecule has 7 heteroatoms. The summed E-state index contributed by atoms with van der Waals surface area (Å²) in [5.74, 6) is -0.676. The molecule has 1 atom stereocenters. The van der Waals surface area contributed by atoms with Gasteiger partial charge in [-0.1, -0.05) is 89.4 Å². The van der Waals surface area contributed by atoms with Gasteiger partial charge in [-0.05, 0) is 54.7 Å². The van der Waals surface area contributed by atoms with Gasteiger partial charge in [0.1, 0.15) is 6.61 Å². The van der Waals surface area contributed by atoms with Crippen molar-refractivity contribution in [3.63, 3.8) is 0 Å². The molecule has 0 aliphatic heterocycles. The van der Waals surface area contributed by atoms with E-state index >= 15 is 0 Å². The number of hydrogen-bond acceptors (Lipinski definition) is 3. The summed E-state index contributed by atoms with van der Waals surface area (Å²) < 4.78 is 5.76. The quantitative estimate of drug-likeness (QED) is 0.212. The van der Waals surface area contributed by atoms with E-state index in [-0.39, 0.29) is 24.4 Å². The smallest absolute Gasteiger partial charge is 0.309 e. The molecule has 1 aromatic heterocycles. The average molecular weight is 527 g/mol. The minimum atomic E-state index is -1.60. The maximum atomic E-state index is 13.5. The molecule has 35 heavy (non-hydrogen) atoms. The topological polar surface area (TPSA) is 48.3 Å². The monoisotopic (exact) mass is 525 g/mol. The zero-order valence-corrected chi connectivity index (χ0v) is 21.0. The Labute approximate surface area is 218 Å². The largest absolute Gasteiger partial charge is 0.461 e. The number of fused-ring (bicyclic) bond motifs is 3. The fourth-order valence-corrected chi connectivity index (χ4v) is 5.08. The lowest BCUT2D eigenvalue weighted by Gasteiger charge is -2.22. The van der Waals surface area contributed by atoms with Gasteiger partial charge >= 0.3 is 5.97 Å². The second-order valence-electron chi connectivity index (χ2n) is 8.69. The van der Waals surface area contributed by atoms with Gasteiger partial charge in [0, 0.05) is 22.2 Å². The molecule has 0 amide bonds. The number of nitrogens with zero attached hydrogens (tertiary/aromatic N) is 1. The molecule has 1 aliphatic carbocycles. The lowest BCUT2D eigenvalue weighted by Crippen LogP contribution is -2.26. The number of hydrogen-bond donors (Lipinski definition) is 0. The van der Waals surface area contributed by atoms with Crippen LogP contribution in [0, 0.1) is 5.92 Å². The predicted octanol–water partition coefficient (Wildman–Crippen LogP) is 7.00. The Morgan fingerprint density at radius 3 is 2.31 bits per heavy atom. The van der Waals surface area contributed by atoms with Gasteiger partial charge in [0.2, 0.25) is 3.79 Å². The van der Waals surface area contributed by atoms with Crippen LogP contribution in [0.25, 0.3) is 10.9 Å². The standard InChI is InChI=1S/C28H22Cl3NO3/c29-28(30,31)21-12-14-25-23(16-21)22-15-20(27(34)35-17-18-7-3-1-4-8-18)11-13-24(22)32(25)26(33)19-9-5-2-6-10-19/h1-10,12,14,16,20H,11,13,15,17H2. The second kappa shape index (κ2) is 9.69. The van der Waals surface area contributed by atoms with E-state index in [1.54, 1.807) is 22.8 Å². The Morgan fingerprint density at radius 2 is 1.63 bits per heavy atom. The number of rotatable bonds is 4. The molecule has 1 heterocycles. The van der Waals surface area contributed by atoms with E-state index in [2.05, 4.69) is 0 Å². The van der Waals surface area contributed by atoms with Crippen LogP contribution in [-0.4, -0.2) is 16.4 Å². The Kier molecular flexibility index (Phi) is 6.63. The molecule has 0 fully saturated rings. The molecule has 0 saturated carbocycles. The highest BCUT2D eigenvalue weighted by atomic mass is 35.6. The summed E-state index contributed by atoms with van der Waals surface area (Å²) in [6, 6.07) is 24.1. The Hall–Kier alpha value is -2.79. The van der Waals surface area contributed by atoms with Gasteiger partial charge in [-0.3, -0.25) is 14.2 Å². The fourth-order valence-electron chi connectivity index (χ4n) is 4.72. The van der Waals surface area contributed by atoms with Gasteiger partial charge in [0.05, 0.1) is 11.4 Å². The highest BCUT2D eigenvalue weighted by molar-refractivity contribution is 6.66. The fraction of sp³-hybridized carbons (Fsp3) is 0.214. The van der Waals surface area contributed by atoms with Crippen molar-refractivity contribution in [1.82, 2.24) is 4.57 Å². The van der Waals surface area contributed by atoms with Gasteiger partial charge in [0.15, 0.2) is 0 Å². The SMILES string of the molecule is O=C(OCc1ccccc1)C1CCc2c(c3cc(C(Cl)(Cl)Cl)ccc3n2C(=O)c2ccccc2)C1. The summed E-state index contributed by atoms with van der Waals surface area (Å²) in [6.45, 7) is 0.231. The maximum Gasteiger partial charge on any atom is 0.309 e. The molecule has 178 valence electrons. The number of esters is 1. The second-order valence-corrected chi connectivity index (χ2v) is 11.0. The Bertz CT molecular complexity index is 1390. The van der Waals surface area contributed by atoms with Crippen molar-refractivity contribution in [2.24, 2.45) is 5.92 Å². The number of benzene rings is 3. The zero-order chi connectivity index (χ0) is 24.6. The van der Waals surface area contributed by atoms with E-state index < -0.39 is 3.79 Å². The average Bonchev–Trinajstić information content (AvgIpc) is 3.20. The van der Waals surface area contributed by atoms with Crippen molar-refractivity contribution in [2.75, 3.05) is 0 Å². The lowest BCUT2D eigenvalue weighted by molar-refractivity contribution is -0.150. The minimum Gasteiger partial charge on any atom is -0.461 e. The molecule has 4 aromatic rings. The predicted molar refractivity (Wildman–Crippen MR) is 139 cm³/mol. The summed E-state index contributed by atoms with van der Waals surface area (Å²) in [7, 11) is 0. The molecule has 4 nitrogen and oxygen atoms in total. The third kappa shape index (κ3) is 4.84. The maximum absolute atomic E-state index is 13.5. The van der Waals surface area contributed by atoms with E-state index in [0.717, 1.165) is 27.7 Å². The van der Waals surface area contributed by atoms with Crippen molar-refractivity contribution >= 4 is 57.6 Å². The zero-order valence-electron chi connectivity index (χ0n) is 18.7. The van der Waals surface area contributed by atoms with Crippen molar-refractivity contribution in [1.29, 1.82) is 0 Å². The first-order chi connectivity index (χ1) is 16.8. The lowest BCUT2D eigenvalue weighted by atomic mass is 9.86. The van der Waals surface area contributed by atoms with Gasteiger partial charge in [-0.15, -0.1) is 0 Å². The first-order valence-corrected chi connectivity index (χ1v) is 12.5. The van der Waals surface area contributed by atoms with Gasteiger partial charge in [0.25, 0.3) is 5.91 Å². The van der Waals surface area contributed by atoms with Crippen LogP contribution in [0.3, 0.4) is 0 Å². The number of alkyl halides is 3. The van der Waals surface area contributed by atoms with Crippen LogP contribution in [0.1, 0.15) is 39.2 Å². The summed E-state index contributed by atoms with van der Waals surface area (Å²) >= 11 is 18.5. The number of ether oxygens (including phenoxy) is 1. The summed E-state index contributed by atoms with van der Waals surface area (Å²) in [6.07, 6.45) is 1.62. The molecule has 0 N–H and O–H groups in total.